The molecule has 0 aliphatic rings. The topological polar surface area (TPSA) is 66.4 Å². The maximum atomic E-state index is 12.8. The standard InChI is InChI=1S/C35H69NO3/c1-3-5-7-9-11-13-15-17-19-21-23-25-27-29-34(38)33(31-36-32-37)35(39)30-28-26-24-22-20-18-16-14-12-10-8-6-4-2/h33,36-37H,3-32H2,1-2H3. The Morgan fingerprint density at radius 3 is 0.974 bits per heavy atom. The summed E-state index contributed by atoms with van der Waals surface area (Å²) in [6.45, 7) is 4.63. The molecule has 0 radical (unpaired) electrons. The Kier molecular flexibility index (Phi) is 31.2. The number of aliphatic hydroxyl groups is 1. The molecule has 0 aromatic rings. The van der Waals surface area contributed by atoms with Gasteiger partial charge in [-0.05, 0) is 12.8 Å². The maximum Gasteiger partial charge on any atom is 0.144 e. The van der Waals surface area contributed by atoms with Crippen LogP contribution in [0.25, 0.3) is 0 Å². The number of hydrogen-bond acceptors (Lipinski definition) is 4. The van der Waals surface area contributed by atoms with Crippen molar-refractivity contribution < 1.29 is 14.7 Å². The molecule has 0 heterocycles. The van der Waals surface area contributed by atoms with Crippen LogP contribution in [0.1, 0.15) is 194 Å². The third-order valence-corrected chi connectivity index (χ3v) is 8.29. The normalized spacial score (nSPS) is 11.5. The van der Waals surface area contributed by atoms with Gasteiger partial charge in [-0.2, -0.15) is 0 Å². The fraction of sp³-hybridized carbons (Fsp3) is 0.943. The highest BCUT2D eigenvalue weighted by Crippen LogP contribution is 2.17. The van der Waals surface area contributed by atoms with Gasteiger partial charge in [0.05, 0.1) is 12.6 Å². The van der Waals surface area contributed by atoms with Crippen molar-refractivity contribution in [1.29, 1.82) is 0 Å². The fourth-order valence-corrected chi connectivity index (χ4v) is 5.60. The third-order valence-electron chi connectivity index (χ3n) is 8.29. The summed E-state index contributed by atoms with van der Waals surface area (Å²) in [5.41, 5.74) is 0. The fourth-order valence-electron chi connectivity index (χ4n) is 5.60. The summed E-state index contributed by atoms with van der Waals surface area (Å²) in [6.07, 6.45) is 34.4. The zero-order chi connectivity index (χ0) is 28.7. The van der Waals surface area contributed by atoms with Crippen LogP contribution in [-0.2, 0) is 9.59 Å². The first-order valence-corrected chi connectivity index (χ1v) is 17.5. The van der Waals surface area contributed by atoms with E-state index in [1.807, 2.05) is 0 Å². The second-order valence-corrected chi connectivity index (χ2v) is 12.1. The predicted molar refractivity (Wildman–Crippen MR) is 169 cm³/mol. The first-order valence-electron chi connectivity index (χ1n) is 17.5. The molecule has 232 valence electrons. The van der Waals surface area contributed by atoms with E-state index < -0.39 is 5.92 Å². The summed E-state index contributed by atoms with van der Waals surface area (Å²) < 4.78 is 0. The molecular weight excluding hydrogens is 482 g/mol. The van der Waals surface area contributed by atoms with E-state index in [1.165, 1.54) is 141 Å². The van der Waals surface area contributed by atoms with Gasteiger partial charge in [0.2, 0.25) is 0 Å². The van der Waals surface area contributed by atoms with Crippen LogP contribution >= 0.6 is 0 Å². The lowest BCUT2D eigenvalue weighted by Crippen LogP contribution is -2.35. The zero-order valence-electron chi connectivity index (χ0n) is 26.6. The molecular formula is C35H69NO3. The minimum absolute atomic E-state index is 0.0683. The van der Waals surface area contributed by atoms with Crippen LogP contribution in [0.4, 0.5) is 0 Å². The van der Waals surface area contributed by atoms with E-state index in [1.54, 1.807) is 0 Å². The number of hydrogen-bond donors (Lipinski definition) is 2. The van der Waals surface area contributed by atoms with Gasteiger partial charge in [0.25, 0.3) is 0 Å². The van der Waals surface area contributed by atoms with Gasteiger partial charge in [0.15, 0.2) is 0 Å². The lowest BCUT2D eigenvalue weighted by molar-refractivity contribution is -0.132. The minimum atomic E-state index is -0.577. The van der Waals surface area contributed by atoms with Crippen molar-refractivity contribution in [1.82, 2.24) is 5.32 Å². The van der Waals surface area contributed by atoms with Crippen molar-refractivity contribution in [3.8, 4) is 0 Å². The second-order valence-electron chi connectivity index (χ2n) is 12.1. The molecule has 0 atom stereocenters. The molecule has 0 aliphatic carbocycles. The average molecular weight is 552 g/mol. The van der Waals surface area contributed by atoms with Crippen molar-refractivity contribution in [2.45, 2.75) is 194 Å². The van der Waals surface area contributed by atoms with Gasteiger partial charge < -0.3 is 5.11 Å². The molecule has 0 aromatic carbocycles. The van der Waals surface area contributed by atoms with Gasteiger partial charge in [0.1, 0.15) is 11.6 Å². The van der Waals surface area contributed by atoms with E-state index in [4.69, 9.17) is 5.11 Å². The Balaban J connectivity index is 3.79. The number of carbonyl (C=O) groups is 2. The van der Waals surface area contributed by atoms with Crippen molar-refractivity contribution in [3.63, 3.8) is 0 Å². The largest absolute Gasteiger partial charge is 0.381 e. The van der Waals surface area contributed by atoms with Crippen LogP contribution in [0.15, 0.2) is 0 Å². The van der Waals surface area contributed by atoms with Crippen molar-refractivity contribution in [2.24, 2.45) is 5.92 Å². The first kappa shape index (κ1) is 38.3. The smallest absolute Gasteiger partial charge is 0.144 e. The summed E-state index contributed by atoms with van der Waals surface area (Å²) in [5.74, 6) is -0.441. The lowest BCUT2D eigenvalue weighted by atomic mass is 9.91. The molecule has 0 unspecified atom stereocenters. The second kappa shape index (κ2) is 31.8. The zero-order valence-corrected chi connectivity index (χ0v) is 26.6. The number of unbranched alkanes of at least 4 members (excludes halogenated alkanes) is 24. The molecule has 0 saturated heterocycles. The van der Waals surface area contributed by atoms with Crippen LogP contribution in [0.2, 0.25) is 0 Å². The molecule has 0 aromatic heterocycles. The Bertz CT molecular complexity index is 480. The van der Waals surface area contributed by atoms with Gasteiger partial charge in [-0.15, -0.1) is 0 Å². The monoisotopic (exact) mass is 552 g/mol. The summed E-state index contributed by atoms with van der Waals surface area (Å²) in [6, 6.07) is 0. The van der Waals surface area contributed by atoms with Crippen LogP contribution in [0.3, 0.4) is 0 Å². The molecule has 0 saturated carbocycles. The summed E-state index contributed by atoms with van der Waals surface area (Å²) in [4.78, 5) is 25.6. The van der Waals surface area contributed by atoms with Crippen molar-refractivity contribution >= 4 is 11.6 Å². The molecule has 0 amide bonds. The average Bonchev–Trinajstić information content (AvgIpc) is 2.94. The summed E-state index contributed by atoms with van der Waals surface area (Å²) in [5, 5.41) is 12.0. The highest BCUT2D eigenvalue weighted by atomic mass is 16.3. The number of aliphatic hydroxyl groups excluding tert-OH is 1. The highest BCUT2D eigenvalue weighted by Gasteiger charge is 2.24. The first-order chi connectivity index (χ1) is 19.2. The summed E-state index contributed by atoms with van der Waals surface area (Å²) >= 11 is 0. The van der Waals surface area contributed by atoms with Crippen molar-refractivity contribution in [3.05, 3.63) is 0 Å². The molecule has 4 heteroatoms. The van der Waals surface area contributed by atoms with E-state index in [9.17, 15) is 9.59 Å². The van der Waals surface area contributed by atoms with Crippen LogP contribution < -0.4 is 5.32 Å². The molecule has 0 aliphatic heterocycles. The SMILES string of the molecule is CCCCCCCCCCCCCCCC(=O)C(CNCO)C(=O)CCCCCCCCCCCCCCC. The van der Waals surface area contributed by atoms with Gasteiger partial charge >= 0.3 is 0 Å². The predicted octanol–water partition coefficient (Wildman–Crippen LogP) is 10.2. The van der Waals surface area contributed by atoms with E-state index in [0.29, 0.717) is 12.8 Å². The number of rotatable bonds is 33. The van der Waals surface area contributed by atoms with Crippen LogP contribution in [0, 0.1) is 5.92 Å². The number of carbonyl (C=O) groups excluding carboxylic acids is 2. The van der Waals surface area contributed by atoms with E-state index in [-0.39, 0.29) is 24.8 Å². The Hall–Kier alpha value is -0.740. The molecule has 4 nitrogen and oxygen atoms in total. The van der Waals surface area contributed by atoms with E-state index >= 15 is 0 Å². The van der Waals surface area contributed by atoms with Gasteiger partial charge in [-0.25, -0.2) is 0 Å². The molecule has 0 bridgehead atoms. The Labute approximate surface area is 244 Å². The highest BCUT2D eigenvalue weighted by molar-refractivity contribution is 6.02. The molecule has 0 spiro atoms. The molecule has 39 heavy (non-hydrogen) atoms. The van der Waals surface area contributed by atoms with Gasteiger partial charge in [-0.3, -0.25) is 14.9 Å². The van der Waals surface area contributed by atoms with Crippen LogP contribution in [-0.4, -0.2) is 29.9 Å². The Morgan fingerprint density at radius 1 is 0.462 bits per heavy atom. The number of Topliss-reactive ketones (excluding diaryl/α,β-unsaturated/α-hetero) is 2. The quantitative estimate of drug-likeness (QED) is 0.0483. The van der Waals surface area contributed by atoms with Gasteiger partial charge in [0, 0.05) is 19.4 Å². The number of ketones is 2. The van der Waals surface area contributed by atoms with Gasteiger partial charge in [-0.1, -0.05) is 168 Å². The maximum absolute atomic E-state index is 12.8. The lowest BCUT2D eigenvalue weighted by Gasteiger charge is -2.15. The third kappa shape index (κ3) is 27.2. The molecule has 0 rings (SSSR count). The van der Waals surface area contributed by atoms with E-state index in [2.05, 4.69) is 19.2 Å². The Morgan fingerprint density at radius 2 is 0.718 bits per heavy atom. The van der Waals surface area contributed by atoms with Crippen LogP contribution in [0.5, 0.6) is 0 Å². The summed E-state index contributed by atoms with van der Waals surface area (Å²) in [7, 11) is 0. The minimum Gasteiger partial charge on any atom is -0.381 e. The van der Waals surface area contributed by atoms with E-state index in [0.717, 1.165) is 25.7 Å². The molecule has 2 N–H and O–H groups in total. The van der Waals surface area contributed by atoms with Crippen molar-refractivity contribution in [2.75, 3.05) is 13.3 Å². The number of nitrogens with one attached hydrogen (secondary N) is 1. The molecule has 0 fully saturated rings.